The average molecular weight is 245 g/mol. The summed E-state index contributed by atoms with van der Waals surface area (Å²) in [5.41, 5.74) is 7.01. The maximum Gasteiger partial charge on any atom is 0.0307 e. The third kappa shape index (κ3) is 1.65. The van der Waals surface area contributed by atoms with Gasteiger partial charge in [0.05, 0.1) is 0 Å². The molecule has 0 amide bonds. The van der Waals surface area contributed by atoms with Gasteiger partial charge >= 0.3 is 0 Å². The van der Waals surface area contributed by atoms with Crippen molar-refractivity contribution in [3.05, 3.63) is 48.0 Å². The summed E-state index contributed by atoms with van der Waals surface area (Å²) in [5.74, 6) is 0. The number of fused-ring (bicyclic) bond motifs is 2. The largest absolute Gasteiger partial charge is 0.326 e. The molecule has 80 valence electrons. The quantitative estimate of drug-likeness (QED) is 0.707. The van der Waals surface area contributed by atoms with Gasteiger partial charge in [0.25, 0.3) is 0 Å². The lowest BCUT2D eigenvalue weighted by Crippen LogP contribution is -2.00. The van der Waals surface area contributed by atoms with E-state index in [0.717, 1.165) is 0 Å². The van der Waals surface area contributed by atoms with Crippen LogP contribution in [0, 0.1) is 0 Å². The molecule has 0 bridgehead atoms. The van der Waals surface area contributed by atoms with E-state index in [1.54, 1.807) is 0 Å². The minimum absolute atomic E-state index is 0.610. The van der Waals surface area contributed by atoms with E-state index in [2.05, 4.69) is 42.5 Å². The van der Waals surface area contributed by atoms with Crippen LogP contribution in [0.1, 0.15) is 5.56 Å². The molecule has 1 aliphatic rings. The van der Waals surface area contributed by atoms with E-state index in [-0.39, 0.29) is 0 Å². The Balaban J connectivity index is 2.12. The van der Waals surface area contributed by atoms with E-state index in [1.807, 2.05) is 23.5 Å². The normalized spacial score (nSPS) is 13.1. The molecule has 0 atom stereocenters. The molecule has 2 N–H and O–H groups in total. The van der Waals surface area contributed by atoms with Crippen molar-refractivity contribution in [3.63, 3.8) is 0 Å². The molecule has 0 unspecified atom stereocenters. The Kier molecular flexibility index (Phi) is 2.67. The summed E-state index contributed by atoms with van der Waals surface area (Å²) in [6, 6.07) is 14.9. The molecule has 0 radical (unpaired) electrons. The summed E-state index contributed by atoms with van der Waals surface area (Å²) in [6.45, 7) is 0.610. The zero-order chi connectivity index (χ0) is 11.0. The molecule has 3 heteroatoms. The highest BCUT2D eigenvalue weighted by atomic mass is 32.2. The van der Waals surface area contributed by atoms with Gasteiger partial charge in [0.1, 0.15) is 0 Å². The van der Waals surface area contributed by atoms with Crippen molar-refractivity contribution in [3.8, 4) is 0 Å². The van der Waals surface area contributed by atoms with Crippen LogP contribution in [-0.4, -0.2) is 0 Å². The van der Waals surface area contributed by atoms with Crippen LogP contribution in [0.5, 0.6) is 0 Å². The Morgan fingerprint density at radius 3 is 2.25 bits per heavy atom. The minimum Gasteiger partial charge on any atom is -0.326 e. The zero-order valence-electron chi connectivity index (χ0n) is 8.64. The summed E-state index contributed by atoms with van der Waals surface area (Å²) in [5, 5.41) is 0. The van der Waals surface area contributed by atoms with E-state index in [0.29, 0.717) is 6.54 Å². The fourth-order valence-electron chi connectivity index (χ4n) is 1.77. The molecule has 16 heavy (non-hydrogen) atoms. The molecule has 0 saturated carbocycles. The van der Waals surface area contributed by atoms with Gasteiger partial charge in [0, 0.05) is 26.1 Å². The van der Waals surface area contributed by atoms with Crippen LogP contribution in [-0.2, 0) is 6.54 Å². The Morgan fingerprint density at radius 1 is 0.812 bits per heavy atom. The fourth-order valence-corrected chi connectivity index (χ4v) is 4.17. The highest BCUT2D eigenvalue weighted by Crippen LogP contribution is 2.49. The monoisotopic (exact) mass is 245 g/mol. The van der Waals surface area contributed by atoms with E-state index < -0.39 is 0 Å². The summed E-state index contributed by atoms with van der Waals surface area (Å²) in [4.78, 5) is 5.33. The van der Waals surface area contributed by atoms with Gasteiger partial charge in [-0.3, -0.25) is 0 Å². The van der Waals surface area contributed by atoms with E-state index in [4.69, 9.17) is 5.73 Å². The van der Waals surface area contributed by atoms with E-state index in [9.17, 15) is 0 Å². The molecule has 1 aliphatic heterocycles. The first-order valence-corrected chi connectivity index (χ1v) is 6.78. The maximum atomic E-state index is 5.77. The van der Waals surface area contributed by atoms with Crippen LogP contribution in [0.2, 0.25) is 0 Å². The van der Waals surface area contributed by atoms with Crippen molar-refractivity contribution in [2.24, 2.45) is 5.73 Å². The molecule has 0 fully saturated rings. The molecule has 3 rings (SSSR count). The van der Waals surface area contributed by atoms with Gasteiger partial charge in [0.15, 0.2) is 0 Å². The van der Waals surface area contributed by atoms with Crippen molar-refractivity contribution in [2.75, 3.05) is 0 Å². The first-order chi connectivity index (χ1) is 7.88. The Labute approximate surface area is 103 Å². The number of hydrogen-bond donors (Lipinski definition) is 1. The van der Waals surface area contributed by atoms with Gasteiger partial charge in [-0.25, -0.2) is 0 Å². The van der Waals surface area contributed by atoms with Crippen LogP contribution in [0.3, 0.4) is 0 Å². The van der Waals surface area contributed by atoms with E-state index >= 15 is 0 Å². The third-order valence-electron chi connectivity index (χ3n) is 2.56. The standard InChI is InChI=1S/C13H11NS2/c14-8-9-4-3-7-12-13(9)16-11-6-2-1-5-10(11)15-12/h1-7H,8,14H2. The zero-order valence-corrected chi connectivity index (χ0v) is 10.3. The fraction of sp³-hybridized carbons (Fsp3) is 0.0769. The van der Waals surface area contributed by atoms with Crippen molar-refractivity contribution in [1.82, 2.24) is 0 Å². The number of hydrogen-bond acceptors (Lipinski definition) is 3. The molecule has 1 nitrogen and oxygen atoms in total. The summed E-state index contributed by atoms with van der Waals surface area (Å²) in [7, 11) is 0. The third-order valence-corrected chi connectivity index (χ3v) is 5.22. The first-order valence-electron chi connectivity index (χ1n) is 5.15. The van der Waals surface area contributed by atoms with Gasteiger partial charge in [-0.1, -0.05) is 47.8 Å². The molecule has 1 heterocycles. The van der Waals surface area contributed by atoms with Crippen LogP contribution in [0.15, 0.2) is 62.0 Å². The smallest absolute Gasteiger partial charge is 0.0307 e. The predicted octanol–water partition coefficient (Wildman–Crippen LogP) is 3.76. The highest BCUT2D eigenvalue weighted by molar-refractivity contribution is 8.05. The van der Waals surface area contributed by atoms with Gasteiger partial charge in [0.2, 0.25) is 0 Å². The Morgan fingerprint density at radius 2 is 1.50 bits per heavy atom. The second-order valence-corrected chi connectivity index (χ2v) is 5.74. The summed E-state index contributed by atoms with van der Waals surface area (Å²) < 4.78 is 0. The predicted molar refractivity (Wildman–Crippen MR) is 69.0 cm³/mol. The van der Waals surface area contributed by atoms with Crippen molar-refractivity contribution in [1.29, 1.82) is 0 Å². The van der Waals surface area contributed by atoms with Crippen LogP contribution in [0.25, 0.3) is 0 Å². The van der Waals surface area contributed by atoms with E-state index in [1.165, 1.54) is 25.1 Å². The molecule has 0 aliphatic carbocycles. The van der Waals surface area contributed by atoms with Gasteiger partial charge < -0.3 is 5.73 Å². The maximum absolute atomic E-state index is 5.77. The SMILES string of the molecule is NCc1cccc2c1Sc1ccccc1S2. The van der Waals surface area contributed by atoms with Crippen LogP contribution in [0.4, 0.5) is 0 Å². The Bertz CT molecular complexity index is 537. The first kappa shape index (κ1) is 10.3. The molecular formula is C13H11NS2. The number of nitrogens with two attached hydrogens (primary N) is 1. The second kappa shape index (κ2) is 4.17. The highest BCUT2D eigenvalue weighted by Gasteiger charge is 2.18. The molecule has 2 aromatic rings. The van der Waals surface area contributed by atoms with Crippen molar-refractivity contribution < 1.29 is 0 Å². The van der Waals surface area contributed by atoms with Crippen molar-refractivity contribution >= 4 is 23.5 Å². The molecule has 2 aromatic carbocycles. The second-order valence-electron chi connectivity index (χ2n) is 3.60. The average Bonchev–Trinajstić information content (AvgIpc) is 2.35. The lowest BCUT2D eigenvalue weighted by Gasteiger charge is -2.20. The summed E-state index contributed by atoms with van der Waals surface area (Å²) in [6.07, 6.45) is 0. The van der Waals surface area contributed by atoms with Crippen LogP contribution < -0.4 is 5.73 Å². The molecule has 0 saturated heterocycles. The molecule has 0 aromatic heterocycles. The number of rotatable bonds is 1. The minimum atomic E-state index is 0.610. The summed E-state index contributed by atoms with van der Waals surface area (Å²) >= 11 is 3.67. The van der Waals surface area contributed by atoms with Gasteiger partial charge in [-0.05, 0) is 23.8 Å². The van der Waals surface area contributed by atoms with Gasteiger partial charge in [-0.15, -0.1) is 0 Å². The van der Waals surface area contributed by atoms with Crippen LogP contribution >= 0.6 is 23.5 Å². The lowest BCUT2D eigenvalue weighted by atomic mass is 10.2. The lowest BCUT2D eigenvalue weighted by molar-refractivity contribution is 0.987. The van der Waals surface area contributed by atoms with Gasteiger partial charge in [-0.2, -0.15) is 0 Å². The molecular weight excluding hydrogens is 234 g/mol. The Hall–Kier alpha value is -0.900. The van der Waals surface area contributed by atoms with Crippen molar-refractivity contribution in [2.45, 2.75) is 26.1 Å². The number of benzene rings is 2. The molecule has 0 spiro atoms. The topological polar surface area (TPSA) is 26.0 Å².